The zero-order valence-electron chi connectivity index (χ0n) is 15.1. The summed E-state index contributed by atoms with van der Waals surface area (Å²) in [5, 5.41) is 3.25. The van der Waals surface area contributed by atoms with Crippen molar-refractivity contribution in [3.8, 4) is 0 Å². The molecule has 3 nitrogen and oxygen atoms in total. The van der Waals surface area contributed by atoms with Crippen LogP contribution in [0.15, 0.2) is 30.3 Å². The minimum absolute atomic E-state index is 0.749. The van der Waals surface area contributed by atoms with Crippen LogP contribution < -0.4 is 5.32 Å². The van der Waals surface area contributed by atoms with Crippen LogP contribution in [0.5, 0.6) is 0 Å². The van der Waals surface area contributed by atoms with E-state index in [-0.39, 0.29) is 0 Å². The number of ether oxygens (including phenoxy) is 1. The zero-order chi connectivity index (χ0) is 16.5. The standard InChI is InChI=1S/C20H34N2O/c1-4-22(12-11-21-3)15-20-14-19(17(20)2)10-13-23-16-18-8-6-5-7-9-18/h5-9,17,19-21H,4,10-16H2,1-3H3. The van der Waals surface area contributed by atoms with E-state index in [4.69, 9.17) is 4.74 Å². The van der Waals surface area contributed by atoms with Crippen molar-refractivity contribution in [2.24, 2.45) is 17.8 Å². The first-order valence-electron chi connectivity index (χ1n) is 9.23. The van der Waals surface area contributed by atoms with Gasteiger partial charge in [0.15, 0.2) is 0 Å². The fourth-order valence-electron chi connectivity index (χ4n) is 3.61. The first-order valence-corrected chi connectivity index (χ1v) is 9.23. The molecule has 1 fully saturated rings. The van der Waals surface area contributed by atoms with E-state index in [2.05, 4.69) is 54.4 Å². The van der Waals surface area contributed by atoms with Gasteiger partial charge in [0.05, 0.1) is 6.61 Å². The minimum atomic E-state index is 0.749. The molecular formula is C20H34N2O. The monoisotopic (exact) mass is 318 g/mol. The van der Waals surface area contributed by atoms with E-state index in [1.165, 1.54) is 31.5 Å². The Bertz CT molecular complexity index is 423. The second kappa shape index (κ2) is 10.1. The lowest BCUT2D eigenvalue weighted by Gasteiger charge is -2.45. The lowest BCUT2D eigenvalue weighted by atomic mass is 9.64. The van der Waals surface area contributed by atoms with E-state index in [1.807, 2.05) is 7.05 Å². The van der Waals surface area contributed by atoms with Gasteiger partial charge in [0.2, 0.25) is 0 Å². The molecule has 2 rings (SSSR count). The molecule has 1 aromatic rings. The molecule has 1 N–H and O–H groups in total. The van der Waals surface area contributed by atoms with Gasteiger partial charge in [-0.05, 0) is 49.8 Å². The Kier molecular flexibility index (Phi) is 8.07. The van der Waals surface area contributed by atoms with Crippen LogP contribution >= 0.6 is 0 Å². The van der Waals surface area contributed by atoms with E-state index < -0.39 is 0 Å². The second-order valence-corrected chi connectivity index (χ2v) is 6.94. The summed E-state index contributed by atoms with van der Waals surface area (Å²) < 4.78 is 5.85. The number of rotatable bonds is 11. The van der Waals surface area contributed by atoms with Gasteiger partial charge < -0.3 is 15.0 Å². The number of nitrogens with one attached hydrogen (secondary N) is 1. The summed E-state index contributed by atoms with van der Waals surface area (Å²) in [5.41, 5.74) is 1.27. The molecule has 0 bridgehead atoms. The molecule has 0 radical (unpaired) electrons. The minimum Gasteiger partial charge on any atom is -0.377 e. The maximum absolute atomic E-state index is 5.85. The Labute approximate surface area is 142 Å². The predicted molar refractivity (Wildman–Crippen MR) is 97.5 cm³/mol. The van der Waals surface area contributed by atoms with Crippen molar-refractivity contribution in [1.29, 1.82) is 0 Å². The smallest absolute Gasteiger partial charge is 0.0716 e. The van der Waals surface area contributed by atoms with Crippen LogP contribution in [0.3, 0.4) is 0 Å². The molecule has 3 heteroatoms. The number of hydrogen-bond acceptors (Lipinski definition) is 3. The third-order valence-corrected chi connectivity index (χ3v) is 5.46. The highest BCUT2D eigenvalue weighted by atomic mass is 16.5. The van der Waals surface area contributed by atoms with Crippen molar-refractivity contribution in [3.63, 3.8) is 0 Å². The van der Waals surface area contributed by atoms with Gasteiger partial charge >= 0.3 is 0 Å². The van der Waals surface area contributed by atoms with Crippen molar-refractivity contribution in [2.45, 2.75) is 33.3 Å². The predicted octanol–water partition coefficient (Wildman–Crippen LogP) is 3.41. The van der Waals surface area contributed by atoms with Gasteiger partial charge in [-0.3, -0.25) is 0 Å². The third-order valence-electron chi connectivity index (χ3n) is 5.46. The largest absolute Gasteiger partial charge is 0.377 e. The van der Waals surface area contributed by atoms with E-state index in [0.29, 0.717) is 0 Å². The van der Waals surface area contributed by atoms with Gasteiger partial charge in [-0.2, -0.15) is 0 Å². The Morgan fingerprint density at radius 2 is 2.00 bits per heavy atom. The molecule has 1 aliphatic carbocycles. The maximum Gasteiger partial charge on any atom is 0.0716 e. The Morgan fingerprint density at radius 1 is 1.22 bits per heavy atom. The van der Waals surface area contributed by atoms with Crippen molar-refractivity contribution in [1.82, 2.24) is 10.2 Å². The molecule has 0 spiro atoms. The number of nitrogens with zero attached hydrogens (tertiary/aromatic N) is 1. The quantitative estimate of drug-likeness (QED) is 0.633. The highest BCUT2D eigenvalue weighted by Gasteiger charge is 2.37. The molecule has 3 unspecified atom stereocenters. The van der Waals surface area contributed by atoms with Crippen LogP contribution in [-0.2, 0) is 11.3 Å². The Hall–Kier alpha value is -0.900. The molecule has 1 saturated carbocycles. The normalized spacial score (nSPS) is 23.9. The fourth-order valence-corrected chi connectivity index (χ4v) is 3.61. The van der Waals surface area contributed by atoms with Gasteiger partial charge in [0, 0.05) is 26.2 Å². The molecule has 1 aliphatic rings. The molecule has 23 heavy (non-hydrogen) atoms. The highest BCUT2D eigenvalue weighted by molar-refractivity contribution is 5.13. The van der Waals surface area contributed by atoms with E-state index in [0.717, 1.165) is 44.1 Å². The average molecular weight is 319 g/mol. The maximum atomic E-state index is 5.85. The van der Waals surface area contributed by atoms with Crippen LogP contribution in [0.25, 0.3) is 0 Å². The SMILES string of the molecule is CCN(CCNC)CC1CC(CCOCc2ccccc2)C1C. The van der Waals surface area contributed by atoms with Crippen LogP contribution in [0.2, 0.25) is 0 Å². The summed E-state index contributed by atoms with van der Waals surface area (Å²) in [7, 11) is 2.03. The molecule has 0 heterocycles. The van der Waals surface area contributed by atoms with Gasteiger partial charge in [-0.25, -0.2) is 0 Å². The van der Waals surface area contributed by atoms with Crippen LogP contribution in [0.1, 0.15) is 32.3 Å². The molecular weight excluding hydrogens is 284 g/mol. The summed E-state index contributed by atoms with van der Waals surface area (Å²) in [4.78, 5) is 2.58. The summed E-state index contributed by atoms with van der Waals surface area (Å²) >= 11 is 0. The highest BCUT2D eigenvalue weighted by Crippen LogP contribution is 2.42. The van der Waals surface area contributed by atoms with Crippen molar-refractivity contribution < 1.29 is 4.74 Å². The molecule has 0 aliphatic heterocycles. The lowest BCUT2D eigenvalue weighted by molar-refractivity contribution is 0.0183. The van der Waals surface area contributed by atoms with Crippen molar-refractivity contribution in [2.75, 3.05) is 39.8 Å². The Morgan fingerprint density at radius 3 is 2.65 bits per heavy atom. The summed E-state index contributed by atoms with van der Waals surface area (Å²) in [5.74, 6) is 2.59. The van der Waals surface area contributed by atoms with E-state index in [9.17, 15) is 0 Å². The molecule has 0 amide bonds. The van der Waals surface area contributed by atoms with Crippen LogP contribution in [0, 0.1) is 17.8 Å². The average Bonchev–Trinajstić information content (AvgIpc) is 2.59. The molecule has 3 atom stereocenters. The van der Waals surface area contributed by atoms with Crippen molar-refractivity contribution >= 4 is 0 Å². The summed E-state index contributed by atoms with van der Waals surface area (Å²) in [6, 6.07) is 10.5. The second-order valence-electron chi connectivity index (χ2n) is 6.94. The van der Waals surface area contributed by atoms with Gasteiger partial charge in [-0.15, -0.1) is 0 Å². The van der Waals surface area contributed by atoms with E-state index in [1.54, 1.807) is 0 Å². The lowest BCUT2D eigenvalue weighted by Crippen LogP contribution is -2.44. The number of hydrogen-bond donors (Lipinski definition) is 1. The van der Waals surface area contributed by atoms with Crippen molar-refractivity contribution in [3.05, 3.63) is 35.9 Å². The molecule has 0 aromatic heterocycles. The first-order chi connectivity index (χ1) is 11.2. The summed E-state index contributed by atoms with van der Waals surface area (Å²) in [6.45, 7) is 11.0. The third kappa shape index (κ3) is 5.91. The summed E-state index contributed by atoms with van der Waals surface area (Å²) in [6.07, 6.45) is 2.60. The zero-order valence-corrected chi connectivity index (χ0v) is 15.1. The van der Waals surface area contributed by atoms with Gasteiger partial charge in [0.1, 0.15) is 0 Å². The van der Waals surface area contributed by atoms with Crippen LogP contribution in [0.4, 0.5) is 0 Å². The first kappa shape index (κ1) is 18.4. The number of likely N-dealkylation sites (N-methyl/N-ethyl adjacent to an activating group) is 2. The van der Waals surface area contributed by atoms with Gasteiger partial charge in [0.25, 0.3) is 0 Å². The Balaban J connectivity index is 1.58. The fraction of sp³-hybridized carbons (Fsp3) is 0.700. The van der Waals surface area contributed by atoms with E-state index >= 15 is 0 Å². The molecule has 1 aromatic carbocycles. The molecule has 130 valence electrons. The molecule has 0 saturated heterocycles. The van der Waals surface area contributed by atoms with Crippen LogP contribution in [-0.4, -0.2) is 44.7 Å². The van der Waals surface area contributed by atoms with Gasteiger partial charge in [-0.1, -0.05) is 44.2 Å². The topological polar surface area (TPSA) is 24.5 Å². The number of benzene rings is 1.